The van der Waals surface area contributed by atoms with Gasteiger partial charge >= 0.3 is 0 Å². The third-order valence-electron chi connectivity index (χ3n) is 4.33. The molecule has 1 N–H and O–H groups in total. The molecule has 0 radical (unpaired) electrons. The van der Waals surface area contributed by atoms with Gasteiger partial charge in [-0.05, 0) is 42.8 Å². The maximum Gasteiger partial charge on any atom is 0.159 e. The average Bonchev–Trinajstić information content (AvgIpc) is 3.33. The fourth-order valence-corrected chi connectivity index (χ4v) is 2.86. The Hall–Kier alpha value is -3.61. The van der Waals surface area contributed by atoms with Crippen molar-refractivity contribution in [2.24, 2.45) is 0 Å². The molecule has 0 bridgehead atoms. The first kappa shape index (κ1) is 16.8. The number of rotatable bonds is 5. The molecule has 27 heavy (non-hydrogen) atoms. The van der Waals surface area contributed by atoms with Crippen LogP contribution in [0.15, 0.2) is 61.1 Å². The van der Waals surface area contributed by atoms with Gasteiger partial charge in [0.1, 0.15) is 17.2 Å². The molecule has 4 rings (SSSR count). The van der Waals surface area contributed by atoms with E-state index in [4.69, 9.17) is 0 Å². The van der Waals surface area contributed by atoms with Gasteiger partial charge in [0.05, 0.1) is 12.0 Å². The molecule has 6 nitrogen and oxygen atoms in total. The van der Waals surface area contributed by atoms with Crippen LogP contribution in [0.3, 0.4) is 0 Å². The number of ketones is 1. The Morgan fingerprint density at radius 3 is 2.63 bits per heavy atom. The van der Waals surface area contributed by atoms with E-state index in [-0.39, 0.29) is 11.6 Å². The Morgan fingerprint density at radius 2 is 1.89 bits per heavy atom. The number of carbonyl (C=O) groups excluding carboxylic acids is 1. The standard InChI is InChI=1S/C20H16FN5O/c1-13(27)14-6-8-16(9-7-14)26-11-19(22-12-26)20-18(23-25-24-20)10-15-4-2-3-5-17(15)21/h2-9,11-12H,10H2,1H3,(H,23,24,25). The van der Waals surface area contributed by atoms with Gasteiger partial charge < -0.3 is 4.57 Å². The van der Waals surface area contributed by atoms with Gasteiger partial charge in [-0.1, -0.05) is 18.2 Å². The number of H-pyrrole nitrogens is 1. The van der Waals surface area contributed by atoms with Crippen molar-refractivity contribution >= 4 is 5.78 Å². The monoisotopic (exact) mass is 361 g/mol. The summed E-state index contributed by atoms with van der Waals surface area (Å²) in [5, 5.41) is 10.9. The van der Waals surface area contributed by atoms with Crippen molar-refractivity contribution in [3.8, 4) is 17.1 Å². The topological polar surface area (TPSA) is 76.5 Å². The molecule has 134 valence electrons. The fourth-order valence-electron chi connectivity index (χ4n) is 2.86. The Kier molecular flexibility index (Phi) is 4.33. The number of aromatic nitrogens is 5. The Bertz CT molecular complexity index is 1100. The minimum Gasteiger partial charge on any atom is -0.306 e. The van der Waals surface area contributed by atoms with Crippen molar-refractivity contribution in [2.75, 3.05) is 0 Å². The molecule has 0 aliphatic carbocycles. The van der Waals surface area contributed by atoms with Gasteiger partial charge in [0, 0.05) is 23.9 Å². The number of aromatic amines is 1. The highest BCUT2D eigenvalue weighted by Gasteiger charge is 2.15. The molecule has 0 aliphatic heterocycles. The summed E-state index contributed by atoms with van der Waals surface area (Å²) in [5.41, 5.74) is 3.91. The number of hydrogen-bond acceptors (Lipinski definition) is 4. The second-order valence-electron chi connectivity index (χ2n) is 6.16. The number of halogens is 1. The van der Waals surface area contributed by atoms with E-state index in [9.17, 15) is 9.18 Å². The Morgan fingerprint density at radius 1 is 1.11 bits per heavy atom. The van der Waals surface area contributed by atoms with Gasteiger partial charge in [-0.2, -0.15) is 15.4 Å². The van der Waals surface area contributed by atoms with E-state index in [1.165, 1.54) is 13.0 Å². The van der Waals surface area contributed by atoms with Crippen LogP contribution in [0, 0.1) is 5.82 Å². The van der Waals surface area contributed by atoms with Gasteiger partial charge in [-0.15, -0.1) is 0 Å². The number of benzene rings is 2. The van der Waals surface area contributed by atoms with E-state index in [0.717, 1.165) is 5.69 Å². The molecule has 0 saturated carbocycles. The molecule has 0 atom stereocenters. The first-order chi connectivity index (χ1) is 13.1. The van der Waals surface area contributed by atoms with Gasteiger partial charge in [0.25, 0.3) is 0 Å². The van der Waals surface area contributed by atoms with Crippen LogP contribution in [-0.2, 0) is 6.42 Å². The van der Waals surface area contributed by atoms with Crippen LogP contribution in [0.1, 0.15) is 28.5 Å². The smallest absolute Gasteiger partial charge is 0.159 e. The van der Waals surface area contributed by atoms with Crippen LogP contribution in [0.25, 0.3) is 17.1 Å². The molecule has 4 aromatic rings. The Balaban J connectivity index is 1.62. The highest BCUT2D eigenvalue weighted by Crippen LogP contribution is 2.22. The van der Waals surface area contributed by atoms with Crippen molar-refractivity contribution in [3.05, 3.63) is 83.7 Å². The first-order valence-corrected chi connectivity index (χ1v) is 8.40. The fraction of sp³-hybridized carbons (Fsp3) is 0.100. The van der Waals surface area contributed by atoms with Crippen molar-refractivity contribution in [1.29, 1.82) is 0 Å². The molecule has 0 aliphatic rings. The van der Waals surface area contributed by atoms with Crippen molar-refractivity contribution in [3.63, 3.8) is 0 Å². The SMILES string of the molecule is CC(=O)c1ccc(-n2cnc(-c3n[nH]nc3Cc3ccccc3F)c2)cc1. The lowest BCUT2D eigenvalue weighted by atomic mass is 10.1. The lowest BCUT2D eigenvalue weighted by Crippen LogP contribution is -1.95. The third kappa shape index (κ3) is 3.39. The molecule has 0 unspecified atom stereocenters. The maximum absolute atomic E-state index is 13.9. The number of imidazole rings is 1. The third-order valence-corrected chi connectivity index (χ3v) is 4.33. The Labute approximate surface area is 154 Å². The van der Waals surface area contributed by atoms with E-state index in [2.05, 4.69) is 20.4 Å². The van der Waals surface area contributed by atoms with Crippen molar-refractivity contribution in [1.82, 2.24) is 25.0 Å². The van der Waals surface area contributed by atoms with Gasteiger partial charge in [-0.3, -0.25) is 4.79 Å². The summed E-state index contributed by atoms with van der Waals surface area (Å²) in [6, 6.07) is 13.8. The summed E-state index contributed by atoms with van der Waals surface area (Å²) < 4.78 is 15.8. The number of hydrogen-bond donors (Lipinski definition) is 1. The van der Waals surface area contributed by atoms with Gasteiger partial charge in [0.15, 0.2) is 5.78 Å². The number of nitrogens with zero attached hydrogens (tertiary/aromatic N) is 4. The van der Waals surface area contributed by atoms with Gasteiger partial charge in [0.2, 0.25) is 0 Å². The lowest BCUT2D eigenvalue weighted by Gasteiger charge is -2.03. The average molecular weight is 361 g/mol. The zero-order valence-electron chi connectivity index (χ0n) is 14.6. The van der Waals surface area contributed by atoms with Crippen LogP contribution in [-0.4, -0.2) is 30.7 Å². The predicted molar refractivity (Wildman–Crippen MR) is 98.2 cm³/mol. The molecule has 2 heterocycles. The highest BCUT2D eigenvalue weighted by atomic mass is 19.1. The van der Waals surface area contributed by atoms with Crippen LogP contribution < -0.4 is 0 Å². The van der Waals surface area contributed by atoms with E-state index in [1.807, 2.05) is 22.9 Å². The van der Waals surface area contributed by atoms with E-state index in [1.54, 1.807) is 36.7 Å². The minimum absolute atomic E-state index is 0.0215. The van der Waals surface area contributed by atoms with Gasteiger partial charge in [-0.25, -0.2) is 9.37 Å². The summed E-state index contributed by atoms with van der Waals surface area (Å²) in [4.78, 5) is 15.8. The number of Topliss-reactive ketones (excluding diaryl/α,β-unsaturated/α-hetero) is 1. The molecule has 2 aromatic heterocycles. The molecule has 0 fully saturated rings. The van der Waals surface area contributed by atoms with Crippen LogP contribution >= 0.6 is 0 Å². The number of nitrogens with one attached hydrogen (secondary N) is 1. The molecular weight excluding hydrogens is 345 g/mol. The predicted octanol–water partition coefficient (Wildman–Crippen LogP) is 3.59. The molecule has 0 saturated heterocycles. The van der Waals surface area contributed by atoms with Crippen LogP contribution in [0.4, 0.5) is 4.39 Å². The molecular formula is C20H16FN5O. The highest BCUT2D eigenvalue weighted by molar-refractivity contribution is 5.94. The summed E-state index contributed by atoms with van der Waals surface area (Å²) in [6.45, 7) is 1.53. The molecule has 2 aromatic carbocycles. The van der Waals surface area contributed by atoms with Crippen molar-refractivity contribution in [2.45, 2.75) is 13.3 Å². The number of carbonyl (C=O) groups is 1. The normalized spacial score (nSPS) is 10.9. The first-order valence-electron chi connectivity index (χ1n) is 8.40. The second-order valence-corrected chi connectivity index (χ2v) is 6.16. The molecule has 0 amide bonds. The lowest BCUT2D eigenvalue weighted by molar-refractivity contribution is 0.101. The van der Waals surface area contributed by atoms with Crippen LogP contribution in [0.2, 0.25) is 0 Å². The molecule has 7 heteroatoms. The van der Waals surface area contributed by atoms with E-state index >= 15 is 0 Å². The van der Waals surface area contributed by atoms with Crippen LogP contribution in [0.5, 0.6) is 0 Å². The summed E-state index contributed by atoms with van der Waals surface area (Å²) in [7, 11) is 0. The maximum atomic E-state index is 13.9. The zero-order chi connectivity index (χ0) is 18.8. The summed E-state index contributed by atoms with van der Waals surface area (Å²) in [6.07, 6.45) is 3.81. The summed E-state index contributed by atoms with van der Waals surface area (Å²) in [5.74, 6) is -0.254. The largest absolute Gasteiger partial charge is 0.306 e. The zero-order valence-corrected chi connectivity index (χ0v) is 14.6. The second kappa shape index (κ2) is 6.95. The molecule has 0 spiro atoms. The minimum atomic E-state index is -0.275. The summed E-state index contributed by atoms with van der Waals surface area (Å²) >= 11 is 0. The quantitative estimate of drug-likeness (QED) is 0.551. The van der Waals surface area contributed by atoms with E-state index in [0.29, 0.717) is 34.6 Å². The van der Waals surface area contributed by atoms with Crippen molar-refractivity contribution < 1.29 is 9.18 Å². The van der Waals surface area contributed by atoms with E-state index < -0.39 is 0 Å².